The highest BCUT2D eigenvalue weighted by Crippen LogP contribution is 2.31. The second kappa shape index (κ2) is 6.27. The van der Waals surface area contributed by atoms with Gasteiger partial charge < -0.3 is 10.2 Å². The van der Waals surface area contributed by atoms with Crippen molar-refractivity contribution in [1.29, 1.82) is 5.26 Å². The standard InChI is InChI=1S/C17H16N4O/c18-11-13-5-7-15(8-6-13)20-17(22)21-10-2-4-16(21)14-3-1-9-19-12-14/h1,3,5-9,12,16H,2,4,10H2,(H,20,22). The number of hydrogen-bond acceptors (Lipinski definition) is 3. The van der Waals surface area contributed by atoms with Crippen molar-refractivity contribution < 1.29 is 4.79 Å². The quantitative estimate of drug-likeness (QED) is 0.923. The zero-order valence-corrected chi connectivity index (χ0v) is 12.1. The molecule has 3 rings (SSSR count). The Hall–Kier alpha value is -2.87. The molecule has 0 aliphatic carbocycles. The number of carbonyl (C=O) groups is 1. The van der Waals surface area contributed by atoms with E-state index in [2.05, 4.69) is 16.4 Å². The Morgan fingerprint density at radius 3 is 2.82 bits per heavy atom. The number of benzene rings is 1. The lowest BCUT2D eigenvalue weighted by atomic mass is 10.1. The summed E-state index contributed by atoms with van der Waals surface area (Å²) >= 11 is 0. The zero-order chi connectivity index (χ0) is 15.4. The molecule has 22 heavy (non-hydrogen) atoms. The maximum Gasteiger partial charge on any atom is 0.322 e. The predicted molar refractivity (Wildman–Crippen MR) is 83.1 cm³/mol. The Morgan fingerprint density at radius 1 is 1.32 bits per heavy atom. The van der Waals surface area contributed by atoms with Crippen LogP contribution in [-0.4, -0.2) is 22.5 Å². The molecule has 1 N–H and O–H groups in total. The number of urea groups is 1. The molecule has 1 unspecified atom stereocenters. The van der Waals surface area contributed by atoms with E-state index in [1.165, 1.54) is 0 Å². The summed E-state index contributed by atoms with van der Waals surface area (Å²) < 4.78 is 0. The third kappa shape index (κ3) is 2.91. The summed E-state index contributed by atoms with van der Waals surface area (Å²) in [5.74, 6) is 0. The van der Waals surface area contributed by atoms with E-state index in [9.17, 15) is 4.79 Å². The van der Waals surface area contributed by atoms with Gasteiger partial charge in [0.05, 0.1) is 17.7 Å². The highest BCUT2D eigenvalue weighted by molar-refractivity contribution is 5.89. The summed E-state index contributed by atoms with van der Waals surface area (Å²) in [4.78, 5) is 18.5. The molecule has 1 saturated heterocycles. The molecule has 1 atom stereocenters. The van der Waals surface area contributed by atoms with E-state index >= 15 is 0 Å². The van der Waals surface area contributed by atoms with Gasteiger partial charge in [0.1, 0.15) is 0 Å². The van der Waals surface area contributed by atoms with E-state index in [1.807, 2.05) is 23.2 Å². The van der Waals surface area contributed by atoms with Crippen molar-refractivity contribution in [1.82, 2.24) is 9.88 Å². The van der Waals surface area contributed by atoms with Gasteiger partial charge in [-0.2, -0.15) is 5.26 Å². The largest absolute Gasteiger partial charge is 0.322 e. The number of hydrogen-bond donors (Lipinski definition) is 1. The maximum absolute atomic E-state index is 12.5. The molecule has 2 heterocycles. The molecule has 110 valence electrons. The van der Waals surface area contributed by atoms with Gasteiger partial charge >= 0.3 is 6.03 Å². The molecule has 0 radical (unpaired) electrons. The molecule has 5 nitrogen and oxygen atoms in total. The van der Waals surface area contributed by atoms with E-state index in [-0.39, 0.29) is 12.1 Å². The number of rotatable bonds is 2. The number of likely N-dealkylation sites (tertiary alicyclic amines) is 1. The third-order valence-corrected chi connectivity index (χ3v) is 3.85. The van der Waals surface area contributed by atoms with E-state index in [0.717, 1.165) is 24.9 Å². The molecule has 1 aromatic carbocycles. The van der Waals surface area contributed by atoms with Crippen LogP contribution >= 0.6 is 0 Å². The van der Waals surface area contributed by atoms with Crippen molar-refractivity contribution in [3.8, 4) is 6.07 Å². The van der Waals surface area contributed by atoms with Crippen molar-refractivity contribution in [2.24, 2.45) is 0 Å². The van der Waals surface area contributed by atoms with E-state index in [1.54, 1.807) is 30.5 Å². The fourth-order valence-corrected chi connectivity index (χ4v) is 2.75. The smallest absolute Gasteiger partial charge is 0.317 e. The van der Waals surface area contributed by atoms with Gasteiger partial charge in [-0.25, -0.2) is 4.79 Å². The van der Waals surface area contributed by atoms with Crippen LogP contribution in [0.4, 0.5) is 10.5 Å². The molecule has 0 bridgehead atoms. The van der Waals surface area contributed by atoms with Crippen LogP contribution in [0.15, 0.2) is 48.8 Å². The summed E-state index contributed by atoms with van der Waals surface area (Å²) in [6, 6.07) is 12.8. The molecular weight excluding hydrogens is 276 g/mol. The van der Waals surface area contributed by atoms with Crippen LogP contribution in [0, 0.1) is 11.3 Å². The average molecular weight is 292 g/mol. The monoisotopic (exact) mass is 292 g/mol. The number of nitriles is 1. The van der Waals surface area contributed by atoms with E-state index in [4.69, 9.17) is 5.26 Å². The lowest BCUT2D eigenvalue weighted by Crippen LogP contribution is -2.34. The van der Waals surface area contributed by atoms with Crippen LogP contribution in [0.25, 0.3) is 0 Å². The number of carbonyl (C=O) groups excluding carboxylic acids is 1. The summed E-state index contributed by atoms with van der Waals surface area (Å²) in [6.45, 7) is 0.738. The number of aromatic nitrogens is 1. The maximum atomic E-state index is 12.5. The summed E-state index contributed by atoms with van der Waals surface area (Å²) in [6.07, 6.45) is 5.49. The molecule has 1 fully saturated rings. The minimum atomic E-state index is -0.115. The van der Waals surface area contributed by atoms with Crippen LogP contribution in [0.3, 0.4) is 0 Å². The van der Waals surface area contributed by atoms with Crippen LogP contribution in [-0.2, 0) is 0 Å². The van der Waals surface area contributed by atoms with Gasteiger partial charge in [-0.3, -0.25) is 4.98 Å². The van der Waals surface area contributed by atoms with Gasteiger partial charge in [0.15, 0.2) is 0 Å². The molecular formula is C17H16N4O. The molecule has 1 aliphatic heterocycles. The van der Waals surface area contributed by atoms with Gasteiger partial charge in [-0.1, -0.05) is 6.07 Å². The SMILES string of the molecule is N#Cc1ccc(NC(=O)N2CCCC2c2cccnc2)cc1. The highest BCUT2D eigenvalue weighted by atomic mass is 16.2. The van der Waals surface area contributed by atoms with Crippen LogP contribution < -0.4 is 5.32 Å². The van der Waals surface area contributed by atoms with Crippen molar-refractivity contribution in [3.63, 3.8) is 0 Å². The van der Waals surface area contributed by atoms with Gasteiger partial charge in [0.2, 0.25) is 0 Å². The van der Waals surface area contributed by atoms with Gasteiger partial charge in [-0.05, 0) is 48.7 Å². The van der Waals surface area contributed by atoms with Crippen molar-refractivity contribution in [2.75, 3.05) is 11.9 Å². The number of anilines is 1. The van der Waals surface area contributed by atoms with Crippen LogP contribution in [0.2, 0.25) is 0 Å². The first-order valence-electron chi connectivity index (χ1n) is 7.25. The Bertz CT molecular complexity index is 691. The number of amides is 2. The predicted octanol–water partition coefficient (Wildman–Crippen LogP) is 3.32. The summed E-state index contributed by atoms with van der Waals surface area (Å²) in [5, 5.41) is 11.7. The molecule has 0 spiro atoms. The molecule has 2 amide bonds. The van der Waals surface area contributed by atoms with Crippen molar-refractivity contribution >= 4 is 11.7 Å². The second-order valence-corrected chi connectivity index (χ2v) is 5.26. The lowest BCUT2D eigenvalue weighted by molar-refractivity contribution is 0.207. The van der Waals surface area contributed by atoms with Gasteiger partial charge in [0, 0.05) is 24.6 Å². The first kappa shape index (κ1) is 14.1. The molecule has 5 heteroatoms. The minimum absolute atomic E-state index is 0.0760. The van der Waals surface area contributed by atoms with E-state index < -0.39 is 0 Å². The fourth-order valence-electron chi connectivity index (χ4n) is 2.75. The summed E-state index contributed by atoms with van der Waals surface area (Å²) in [5.41, 5.74) is 2.34. The normalized spacial score (nSPS) is 17.0. The van der Waals surface area contributed by atoms with E-state index in [0.29, 0.717) is 11.3 Å². The Balaban J connectivity index is 1.72. The number of nitrogens with zero attached hydrogens (tertiary/aromatic N) is 3. The van der Waals surface area contributed by atoms with Crippen LogP contribution in [0.1, 0.15) is 30.0 Å². The topological polar surface area (TPSA) is 69.0 Å². The molecule has 0 saturated carbocycles. The first-order valence-corrected chi connectivity index (χ1v) is 7.25. The third-order valence-electron chi connectivity index (χ3n) is 3.85. The second-order valence-electron chi connectivity index (χ2n) is 5.26. The minimum Gasteiger partial charge on any atom is -0.317 e. The molecule has 1 aliphatic rings. The summed E-state index contributed by atoms with van der Waals surface area (Å²) in [7, 11) is 0. The molecule has 1 aromatic heterocycles. The van der Waals surface area contributed by atoms with Crippen molar-refractivity contribution in [2.45, 2.75) is 18.9 Å². The number of nitrogens with one attached hydrogen (secondary N) is 1. The lowest BCUT2D eigenvalue weighted by Gasteiger charge is -2.25. The average Bonchev–Trinajstić information content (AvgIpc) is 3.06. The first-order chi connectivity index (χ1) is 10.8. The zero-order valence-electron chi connectivity index (χ0n) is 12.1. The van der Waals surface area contributed by atoms with Crippen LogP contribution in [0.5, 0.6) is 0 Å². The highest BCUT2D eigenvalue weighted by Gasteiger charge is 2.30. The van der Waals surface area contributed by atoms with Gasteiger partial charge in [0.25, 0.3) is 0 Å². The fraction of sp³-hybridized carbons (Fsp3) is 0.235. The Morgan fingerprint density at radius 2 is 2.14 bits per heavy atom. The Kier molecular flexibility index (Phi) is 4.01. The Labute approximate surface area is 129 Å². The van der Waals surface area contributed by atoms with Gasteiger partial charge in [-0.15, -0.1) is 0 Å². The molecule has 2 aromatic rings. The van der Waals surface area contributed by atoms with Crippen molar-refractivity contribution in [3.05, 3.63) is 59.9 Å². The number of pyridine rings is 1.